The second-order valence-electron chi connectivity index (χ2n) is 7.18. The molecule has 1 aliphatic carbocycles. The third kappa shape index (κ3) is 2.21. The molecule has 0 spiro atoms. The van der Waals surface area contributed by atoms with Crippen LogP contribution in [0.3, 0.4) is 0 Å². The first-order valence-electron chi connectivity index (χ1n) is 8.97. The number of nitrogens with zero attached hydrogens (tertiary/aromatic N) is 1. The molecule has 2 aromatic carbocycles. The topological polar surface area (TPSA) is 33.7 Å². The molecule has 3 aliphatic rings. The Labute approximate surface area is 161 Å². The van der Waals surface area contributed by atoms with Gasteiger partial charge in [0.2, 0.25) is 0 Å². The van der Waals surface area contributed by atoms with Crippen molar-refractivity contribution in [3.05, 3.63) is 53.6 Å². The van der Waals surface area contributed by atoms with Gasteiger partial charge in [-0.25, -0.2) is 8.78 Å². The van der Waals surface area contributed by atoms with Crippen LogP contribution in [0, 0.1) is 17.6 Å². The Morgan fingerprint density at radius 3 is 2.93 bits per heavy atom. The van der Waals surface area contributed by atoms with E-state index in [-0.39, 0.29) is 17.6 Å². The van der Waals surface area contributed by atoms with Crippen molar-refractivity contribution in [1.82, 2.24) is 5.32 Å². The minimum Gasteiger partial charge on any atom is -0.493 e. The van der Waals surface area contributed by atoms with Gasteiger partial charge in [-0.05, 0) is 43.3 Å². The SMILES string of the molecule is COc1cccc2c1O[C@@]13CCC[C@@H]1[C@H]2NC(=S)N3c1ccc(F)cc1F. The van der Waals surface area contributed by atoms with E-state index in [9.17, 15) is 8.78 Å². The van der Waals surface area contributed by atoms with Crippen LogP contribution in [0.4, 0.5) is 14.5 Å². The van der Waals surface area contributed by atoms with Gasteiger partial charge in [0.15, 0.2) is 22.3 Å². The molecule has 2 aliphatic heterocycles. The summed E-state index contributed by atoms with van der Waals surface area (Å²) in [5, 5.41) is 3.76. The smallest absolute Gasteiger partial charge is 0.194 e. The molecule has 2 aromatic rings. The van der Waals surface area contributed by atoms with Gasteiger partial charge in [0.05, 0.1) is 18.8 Å². The van der Waals surface area contributed by atoms with Crippen molar-refractivity contribution in [3.63, 3.8) is 0 Å². The van der Waals surface area contributed by atoms with Gasteiger partial charge in [-0.2, -0.15) is 0 Å². The minimum absolute atomic E-state index is 0.0291. The highest BCUT2D eigenvalue weighted by atomic mass is 32.1. The molecule has 27 heavy (non-hydrogen) atoms. The van der Waals surface area contributed by atoms with E-state index in [1.54, 1.807) is 12.0 Å². The van der Waals surface area contributed by atoms with Crippen LogP contribution in [0.2, 0.25) is 0 Å². The van der Waals surface area contributed by atoms with Gasteiger partial charge in [-0.3, -0.25) is 4.90 Å². The zero-order valence-corrected chi connectivity index (χ0v) is 15.5. The largest absolute Gasteiger partial charge is 0.493 e. The van der Waals surface area contributed by atoms with Crippen LogP contribution in [-0.4, -0.2) is 17.9 Å². The van der Waals surface area contributed by atoms with Crippen LogP contribution in [0.15, 0.2) is 36.4 Å². The Morgan fingerprint density at radius 1 is 1.30 bits per heavy atom. The summed E-state index contributed by atoms with van der Waals surface area (Å²) in [5.74, 6) is 0.101. The summed E-state index contributed by atoms with van der Waals surface area (Å²) in [6, 6.07) is 9.30. The van der Waals surface area contributed by atoms with Crippen LogP contribution >= 0.6 is 12.2 Å². The average molecular weight is 388 g/mol. The molecule has 2 heterocycles. The van der Waals surface area contributed by atoms with Gasteiger partial charge < -0.3 is 14.8 Å². The zero-order valence-electron chi connectivity index (χ0n) is 14.7. The number of ether oxygens (including phenoxy) is 2. The van der Waals surface area contributed by atoms with E-state index in [0.29, 0.717) is 23.0 Å². The Hall–Kier alpha value is -2.41. The van der Waals surface area contributed by atoms with Crippen LogP contribution in [0.1, 0.15) is 30.9 Å². The van der Waals surface area contributed by atoms with E-state index in [0.717, 1.165) is 24.5 Å². The molecule has 1 saturated heterocycles. The Kier molecular flexibility index (Phi) is 3.59. The molecule has 0 radical (unpaired) electrons. The maximum Gasteiger partial charge on any atom is 0.194 e. The molecule has 0 aromatic heterocycles. The Morgan fingerprint density at radius 2 is 2.15 bits per heavy atom. The maximum absolute atomic E-state index is 14.7. The fourth-order valence-corrected chi connectivity index (χ4v) is 5.21. The molecule has 3 atom stereocenters. The number of anilines is 1. The molecule has 0 amide bonds. The normalized spacial score (nSPS) is 28.1. The van der Waals surface area contributed by atoms with E-state index in [1.165, 1.54) is 12.1 Å². The second kappa shape index (κ2) is 5.79. The summed E-state index contributed by atoms with van der Waals surface area (Å²) in [5.41, 5.74) is 0.406. The van der Waals surface area contributed by atoms with Gasteiger partial charge >= 0.3 is 0 Å². The zero-order chi connectivity index (χ0) is 18.8. The van der Waals surface area contributed by atoms with Gasteiger partial charge in [0, 0.05) is 24.0 Å². The standard InChI is InChI=1S/C20H18F2N2O2S/c1-25-16-6-2-4-12-17-13-5-3-9-20(13,26-18(12)16)24(19(27)23-17)15-8-7-11(21)10-14(15)22/h2,4,6-8,10,13,17H,3,5,9H2,1H3,(H,23,27)/t13-,17+,20+/m1/s1. The first kappa shape index (κ1) is 16.7. The first-order valence-corrected chi connectivity index (χ1v) is 9.37. The lowest BCUT2D eigenvalue weighted by molar-refractivity contribution is -0.00775. The summed E-state index contributed by atoms with van der Waals surface area (Å²) >= 11 is 5.61. The molecule has 1 N–H and O–H groups in total. The predicted molar refractivity (Wildman–Crippen MR) is 101 cm³/mol. The van der Waals surface area contributed by atoms with Crippen LogP contribution < -0.4 is 19.7 Å². The van der Waals surface area contributed by atoms with Crippen molar-refractivity contribution in [1.29, 1.82) is 0 Å². The molecule has 5 rings (SSSR count). The minimum atomic E-state index is -0.812. The second-order valence-corrected chi connectivity index (χ2v) is 7.57. The van der Waals surface area contributed by atoms with Gasteiger partial charge in [-0.15, -0.1) is 0 Å². The number of rotatable bonds is 2. The predicted octanol–water partition coefficient (Wildman–Crippen LogP) is 4.30. The fourth-order valence-electron chi connectivity index (χ4n) is 4.83. The highest BCUT2D eigenvalue weighted by Gasteiger charge is 2.61. The molecule has 7 heteroatoms. The molecule has 4 nitrogen and oxygen atoms in total. The number of hydrogen-bond donors (Lipinski definition) is 1. The molecule has 2 fully saturated rings. The van der Waals surface area contributed by atoms with E-state index < -0.39 is 17.4 Å². The van der Waals surface area contributed by atoms with Gasteiger partial charge in [0.25, 0.3) is 0 Å². The molecule has 1 saturated carbocycles. The Balaban J connectivity index is 1.71. The third-order valence-corrected chi connectivity index (χ3v) is 6.19. The third-order valence-electron chi connectivity index (χ3n) is 5.89. The van der Waals surface area contributed by atoms with Gasteiger partial charge in [0.1, 0.15) is 11.6 Å². The lowest BCUT2D eigenvalue weighted by Gasteiger charge is -2.56. The van der Waals surface area contributed by atoms with Crippen molar-refractivity contribution >= 4 is 23.0 Å². The number of benzene rings is 2. The fraction of sp³-hybridized carbons (Fsp3) is 0.350. The molecular formula is C20H18F2N2O2S. The van der Waals surface area contributed by atoms with Crippen molar-refractivity contribution in [2.24, 2.45) is 5.92 Å². The lowest BCUT2D eigenvalue weighted by Crippen LogP contribution is -2.69. The highest BCUT2D eigenvalue weighted by molar-refractivity contribution is 7.80. The number of halogens is 2. The van der Waals surface area contributed by atoms with Crippen LogP contribution in [0.5, 0.6) is 11.5 Å². The molecule has 2 bridgehead atoms. The number of methoxy groups -OCH3 is 1. The number of para-hydroxylation sites is 1. The summed E-state index contributed by atoms with van der Waals surface area (Å²) in [4.78, 5) is 1.70. The quantitative estimate of drug-likeness (QED) is 0.776. The van der Waals surface area contributed by atoms with Crippen molar-refractivity contribution < 1.29 is 18.3 Å². The molecule has 0 unspecified atom stereocenters. The number of hydrogen-bond acceptors (Lipinski definition) is 3. The number of nitrogens with one attached hydrogen (secondary N) is 1. The van der Waals surface area contributed by atoms with Crippen molar-refractivity contribution in [2.75, 3.05) is 12.0 Å². The van der Waals surface area contributed by atoms with E-state index in [1.807, 2.05) is 18.2 Å². The number of fused-ring (bicyclic) bond motifs is 2. The summed E-state index contributed by atoms with van der Waals surface area (Å²) in [7, 11) is 1.60. The monoisotopic (exact) mass is 388 g/mol. The average Bonchev–Trinajstić information content (AvgIpc) is 3.08. The van der Waals surface area contributed by atoms with Gasteiger partial charge in [-0.1, -0.05) is 12.1 Å². The van der Waals surface area contributed by atoms with Crippen LogP contribution in [-0.2, 0) is 0 Å². The molecular weight excluding hydrogens is 370 g/mol. The first-order chi connectivity index (χ1) is 13.0. The summed E-state index contributed by atoms with van der Waals surface area (Å²) in [6.45, 7) is 0. The van der Waals surface area contributed by atoms with Crippen molar-refractivity contribution in [2.45, 2.75) is 31.0 Å². The highest BCUT2D eigenvalue weighted by Crippen LogP contribution is 2.58. The maximum atomic E-state index is 14.7. The van der Waals surface area contributed by atoms with E-state index in [2.05, 4.69) is 5.32 Å². The Bertz CT molecular complexity index is 954. The summed E-state index contributed by atoms with van der Waals surface area (Å²) in [6.07, 6.45) is 2.56. The van der Waals surface area contributed by atoms with Crippen LogP contribution in [0.25, 0.3) is 0 Å². The number of thiocarbonyl (C=S) groups is 1. The lowest BCUT2D eigenvalue weighted by atomic mass is 9.80. The van der Waals surface area contributed by atoms with Crippen molar-refractivity contribution in [3.8, 4) is 11.5 Å². The molecule has 140 valence electrons. The summed E-state index contributed by atoms with van der Waals surface area (Å²) < 4.78 is 40.2. The van der Waals surface area contributed by atoms with E-state index >= 15 is 0 Å². The van der Waals surface area contributed by atoms with E-state index in [4.69, 9.17) is 21.7 Å².